The lowest BCUT2D eigenvalue weighted by molar-refractivity contribution is -0.0546. The molecule has 7 heteroatoms. The number of piperidine rings is 1. The van der Waals surface area contributed by atoms with Crippen LogP contribution in [0, 0.1) is 13.8 Å². The summed E-state index contributed by atoms with van der Waals surface area (Å²) in [5.74, 6) is 0.106. The Labute approximate surface area is 233 Å². The zero-order valence-electron chi connectivity index (χ0n) is 23.9. The number of aromatic nitrogens is 1. The Bertz CT molecular complexity index is 1080. The van der Waals surface area contributed by atoms with Gasteiger partial charge in [0.05, 0.1) is 30.5 Å². The van der Waals surface area contributed by atoms with Crippen LogP contribution in [0.5, 0.6) is 0 Å². The SMILES string of the molecule is CO[C@H]1COCC[C@H]1NC1CCN(C(=O)c2cncc(CC[C@H]3CCC[C@@H](c4ccc(C)cc4)O3)c2C)CC1. The molecule has 1 N–H and O–H groups in total. The molecule has 7 nitrogen and oxygen atoms in total. The Morgan fingerprint density at radius 2 is 1.87 bits per heavy atom. The van der Waals surface area contributed by atoms with Crippen LogP contribution >= 0.6 is 0 Å². The second-order valence-electron chi connectivity index (χ2n) is 11.6. The van der Waals surface area contributed by atoms with Crippen molar-refractivity contribution in [2.45, 2.75) is 95.6 Å². The van der Waals surface area contributed by atoms with E-state index in [2.05, 4.69) is 48.4 Å². The van der Waals surface area contributed by atoms with Gasteiger partial charge in [0, 0.05) is 51.3 Å². The number of hydrogen-bond acceptors (Lipinski definition) is 6. The molecule has 3 saturated heterocycles. The molecule has 5 rings (SSSR count). The molecule has 0 radical (unpaired) electrons. The van der Waals surface area contributed by atoms with Gasteiger partial charge in [-0.3, -0.25) is 9.78 Å². The molecular formula is C32H45N3O4. The van der Waals surface area contributed by atoms with Crippen molar-refractivity contribution in [2.75, 3.05) is 33.4 Å². The maximum atomic E-state index is 13.5. The van der Waals surface area contributed by atoms with Crippen LogP contribution in [0.15, 0.2) is 36.7 Å². The molecule has 3 aliphatic rings. The average molecular weight is 536 g/mol. The van der Waals surface area contributed by atoms with Crippen LogP contribution < -0.4 is 5.32 Å². The van der Waals surface area contributed by atoms with Crippen LogP contribution in [-0.4, -0.2) is 73.5 Å². The quantitative estimate of drug-likeness (QED) is 0.516. The lowest BCUT2D eigenvalue weighted by atomic mass is 9.93. The summed E-state index contributed by atoms with van der Waals surface area (Å²) < 4.78 is 17.7. The summed E-state index contributed by atoms with van der Waals surface area (Å²) in [7, 11) is 1.75. The Hall–Kier alpha value is -2.32. The number of ether oxygens (including phenoxy) is 3. The fourth-order valence-corrected chi connectivity index (χ4v) is 6.35. The van der Waals surface area contributed by atoms with E-state index < -0.39 is 0 Å². The first kappa shape index (κ1) is 28.2. The van der Waals surface area contributed by atoms with Gasteiger partial charge in [0.15, 0.2) is 0 Å². The molecule has 1 amide bonds. The van der Waals surface area contributed by atoms with E-state index in [1.165, 1.54) is 17.5 Å². The highest BCUT2D eigenvalue weighted by Crippen LogP contribution is 2.33. The molecule has 4 heterocycles. The number of carbonyl (C=O) groups is 1. The van der Waals surface area contributed by atoms with E-state index in [9.17, 15) is 4.79 Å². The number of carbonyl (C=O) groups excluding carboxylic acids is 1. The second kappa shape index (κ2) is 13.4. The van der Waals surface area contributed by atoms with Crippen LogP contribution in [0.1, 0.15) is 83.7 Å². The highest BCUT2D eigenvalue weighted by atomic mass is 16.5. The summed E-state index contributed by atoms with van der Waals surface area (Å²) in [6.45, 7) is 7.14. The fraction of sp³-hybridized carbons (Fsp3) is 0.625. The van der Waals surface area contributed by atoms with Crippen LogP contribution in [-0.2, 0) is 20.6 Å². The molecule has 39 heavy (non-hydrogen) atoms. The molecular weight excluding hydrogens is 490 g/mol. The third kappa shape index (κ3) is 7.07. The van der Waals surface area contributed by atoms with E-state index in [0.717, 1.165) is 81.3 Å². The Morgan fingerprint density at radius 3 is 2.64 bits per heavy atom. The van der Waals surface area contributed by atoms with Crippen molar-refractivity contribution in [3.8, 4) is 0 Å². The molecule has 2 aromatic rings. The highest BCUT2D eigenvalue weighted by Gasteiger charge is 2.31. The third-order valence-corrected chi connectivity index (χ3v) is 8.92. The zero-order chi connectivity index (χ0) is 27.2. The lowest BCUT2D eigenvalue weighted by Crippen LogP contribution is -2.54. The van der Waals surface area contributed by atoms with Crippen LogP contribution in [0.2, 0.25) is 0 Å². The van der Waals surface area contributed by atoms with Crippen molar-refractivity contribution in [1.29, 1.82) is 0 Å². The van der Waals surface area contributed by atoms with Crippen molar-refractivity contribution in [1.82, 2.24) is 15.2 Å². The van der Waals surface area contributed by atoms with Crippen molar-refractivity contribution in [2.24, 2.45) is 0 Å². The predicted octanol–water partition coefficient (Wildman–Crippen LogP) is 4.94. The molecule has 212 valence electrons. The molecule has 3 aliphatic heterocycles. The number of likely N-dealkylation sites (tertiary alicyclic amines) is 1. The molecule has 0 unspecified atom stereocenters. The number of hydrogen-bond donors (Lipinski definition) is 1. The van der Waals surface area contributed by atoms with Crippen molar-refractivity contribution in [3.63, 3.8) is 0 Å². The number of pyridine rings is 1. The van der Waals surface area contributed by atoms with Gasteiger partial charge in [0.1, 0.15) is 0 Å². The molecule has 0 spiro atoms. The number of benzene rings is 1. The molecule has 0 saturated carbocycles. The van der Waals surface area contributed by atoms with E-state index in [4.69, 9.17) is 14.2 Å². The van der Waals surface area contributed by atoms with E-state index in [1.807, 2.05) is 11.1 Å². The molecule has 0 aliphatic carbocycles. The monoisotopic (exact) mass is 535 g/mol. The minimum absolute atomic E-state index is 0.0994. The molecule has 3 fully saturated rings. The van der Waals surface area contributed by atoms with Crippen molar-refractivity contribution >= 4 is 5.91 Å². The smallest absolute Gasteiger partial charge is 0.255 e. The van der Waals surface area contributed by atoms with Gasteiger partial charge < -0.3 is 24.4 Å². The van der Waals surface area contributed by atoms with Crippen LogP contribution in [0.3, 0.4) is 0 Å². The Kier molecular flexibility index (Phi) is 9.66. The zero-order valence-corrected chi connectivity index (χ0v) is 23.9. The van der Waals surface area contributed by atoms with Gasteiger partial charge in [0.25, 0.3) is 5.91 Å². The van der Waals surface area contributed by atoms with Gasteiger partial charge in [-0.15, -0.1) is 0 Å². The van der Waals surface area contributed by atoms with Crippen molar-refractivity contribution in [3.05, 3.63) is 64.5 Å². The maximum absolute atomic E-state index is 13.5. The first-order chi connectivity index (χ1) is 19.0. The summed E-state index contributed by atoms with van der Waals surface area (Å²) >= 11 is 0. The topological polar surface area (TPSA) is 72.9 Å². The summed E-state index contributed by atoms with van der Waals surface area (Å²) in [5.41, 5.74) is 5.51. The van der Waals surface area contributed by atoms with Gasteiger partial charge in [-0.25, -0.2) is 0 Å². The lowest BCUT2D eigenvalue weighted by Gasteiger charge is -2.38. The molecule has 4 atom stereocenters. The number of amides is 1. The Balaban J connectivity index is 1.13. The first-order valence-corrected chi connectivity index (χ1v) is 14.8. The molecule has 1 aromatic carbocycles. The average Bonchev–Trinajstić information content (AvgIpc) is 2.97. The van der Waals surface area contributed by atoms with E-state index in [0.29, 0.717) is 18.7 Å². The Morgan fingerprint density at radius 1 is 1.08 bits per heavy atom. The minimum atomic E-state index is 0.0994. The minimum Gasteiger partial charge on any atom is -0.379 e. The summed E-state index contributed by atoms with van der Waals surface area (Å²) in [6.07, 6.45) is 12.3. The number of rotatable bonds is 8. The van der Waals surface area contributed by atoms with E-state index in [1.54, 1.807) is 13.3 Å². The van der Waals surface area contributed by atoms with Gasteiger partial charge in [-0.2, -0.15) is 0 Å². The van der Waals surface area contributed by atoms with Gasteiger partial charge in [-0.05, 0) is 81.9 Å². The van der Waals surface area contributed by atoms with Crippen LogP contribution in [0.25, 0.3) is 0 Å². The van der Waals surface area contributed by atoms with E-state index >= 15 is 0 Å². The number of methoxy groups -OCH3 is 1. The standard InChI is InChI=1S/C32H45N3O4/c1-22-7-9-24(10-8-22)30-6-4-5-27(39-30)12-11-25-19-33-20-28(23(25)2)32(36)35-16-13-26(14-17-35)34-29-15-18-38-21-31(29)37-3/h7-10,19-20,26-27,29-31,34H,4-6,11-18,21H2,1-3H3/t27-,29-,30+,31+/m1/s1. The number of aryl methyl sites for hydroxylation is 2. The summed E-state index contributed by atoms with van der Waals surface area (Å²) in [5, 5.41) is 3.78. The maximum Gasteiger partial charge on any atom is 0.255 e. The largest absolute Gasteiger partial charge is 0.379 e. The van der Waals surface area contributed by atoms with Gasteiger partial charge >= 0.3 is 0 Å². The van der Waals surface area contributed by atoms with Crippen LogP contribution in [0.4, 0.5) is 0 Å². The first-order valence-electron chi connectivity index (χ1n) is 14.8. The van der Waals surface area contributed by atoms with Crippen molar-refractivity contribution < 1.29 is 19.0 Å². The highest BCUT2D eigenvalue weighted by molar-refractivity contribution is 5.95. The second-order valence-corrected chi connectivity index (χ2v) is 11.6. The number of nitrogens with zero attached hydrogens (tertiary/aromatic N) is 2. The summed E-state index contributed by atoms with van der Waals surface area (Å²) in [4.78, 5) is 20.0. The fourth-order valence-electron chi connectivity index (χ4n) is 6.35. The van der Waals surface area contributed by atoms with E-state index in [-0.39, 0.29) is 24.2 Å². The molecule has 1 aromatic heterocycles. The predicted molar refractivity (Wildman–Crippen MR) is 152 cm³/mol. The number of nitrogens with one attached hydrogen (secondary N) is 1. The van der Waals surface area contributed by atoms with Gasteiger partial charge in [0.2, 0.25) is 0 Å². The third-order valence-electron chi connectivity index (χ3n) is 8.92. The van der Waals surface area contributed by atoms with Gasteiger partial charge in [-0.1, -0.05) is 29.8 Å². The summed E-state index contributed by atoms with van der Waals surface area (Å²) in [6, 6.07) is 9.46. The normalized spacial score (nSPS) is 26.5. The molecule has 0 bridgehead atoms.